The van der Waals surface area contributed by atoms with Crippen LogP contribution < -0.4 is 5.56 Å². The molecule has 3 rings (SSSR count). The molecule has 0 bridgehead atoms. The lowest BCUT2D eigenvalue weighted by Crippen LogP contribution is -2.20. The van der Waals surface area contributed by atoms with E-state index in [9.17, 15) is 22.9 Å². The van der Waals surface area contributed by atoms with Crippen molar-refractivity contribution in [2.45, 2.75) is 6.18 Å². The van der Waals surface area contributed by atoms with Crippen LogP contribution in [-0.2, 0) is 13.2 Å². The second-order valence-corrected chi connectivity index (χ2v) is 5.14. The average molecular weight is 333 g/mol. The Balaban J connectivity index is 2.33. The minimum absolute atomic E-state index is 0.0229. The fourth-order valence-electron chi connectivity index (χ4n) is 2.45. The third-order valence-electron chi connectivity index (χ3n) is 3.63. The molecule has 0 atom stereocenters. The molecule has 1 aromatic heterocycles. The van der Waals surface area contributed by atoms with E-state index in [0.29, 0.717) is 0 Å². The van der Waals surface area contributed by atoms with Crippen molar-refractivity contribution in [3.63, 3.8) is 0 Å². The molecule has 0 aliphatic carbocycles. The predicted octanol–water partition coefficient (Wildman–Crippen LogP) is 4.02. The molecule has 0 N–H and O–H groups in total. The number of fused-ring (bicyclic) bond motifs is 1. The van der Waals surface area contributed by atoms with Gasteiger partial charge in [0.2, 0.25) is 0 Å². The SMILES string of the molecule is Cn1c(-c2cccc(C(F)(F)F)c2)nc2c(N=O)cccc2c1=O. The molecule has 8 heteroatoms. The summed E-state index contributed by atoms with van der Waals surface area (Å²) in [5, 5.41) is 2.99. The van der Waals surface area contributed by atoms with Crippen molar-refractivity contribution in [1.82, 2.24) is 9.55 Å². The van der Waals surface area contributed by atoms with E-state index in [0.717, 1.165) is 16.7 Å². The van der Waals surface area contributed by atoms with Crippen molar-refractivity contribution in [2.24, 2.45) is 12.2 Å². The van der Waals surface area contributed by atoms with Crippen LogP contribution in [-0.4, -0.2) is 9.55 Å². The number of nitroso groups, excluding NO2 is 1. The second kappa shape index (κ2) is 5.55. The number of alkyl halides is 3. The number of rotatable bonds is 2. The molecule has 3 aromatic rings. The van der Waals surface area contributed by atoms with Crippen LogP contribution in [0.5, 0.6) is 0 Å². The summed E-state index contributed by atoms with van der Waals surface area (Å²) >= 11 is 0. The van der Waals surface area contributed by atoms with Crippen molar-refractivity contribution in [3.8, 4) is 11.4 Å². The lowest BCUT2D eigenvalue weighted by Gasteiger charge is -2.12. The highest BCUT2D eigenvalue weighted by Crippen LogP contribution is 2.32. The summed E-state index contributed by atoms with van der Waals surface area (Å²) in [7, 11) is 1.41. The molecule has 0 aliphatic rings. The van der Waals surface area contributed by atoms with Gasteiger partial charge < -0.3 is 0 Å². The van der Waals surface area contributed by atoms with Crippen LogP contribution in [0.25, 0.3) is 22.3 Å². The fourth-order valence-corrected chi connectivity index (χ4v) is 2.45. The van der Waals surface area contributed by atoms with Gasteiger partial charge in [-0.1, -0.05) is 18.2 Å². The second-order valence-electron chi connectivity index (χ2n) is 5.14. The third-order valence-corrected chi connectivity index (χ3v) is 3.63. The highest BCUT2D eigenvalue weighted by atomic mass is 19.4. The van der Waals surface area contributed by atoms with Crippen molar-refractivity contribution in [3.05, 3.63) is 63.3 Å². The Morgan fingerprint density at radius 3 is 2.50 bits per heavy atom. The summed E-state index contributed by atoms with van der Waals surface area (Å²) in [6.45, 7) is 0. The Labute approximate surface area is 133 Å². The number of nitrogens with zero attached hydrogens (tertiary/aromatic N) is 3. The quantitative estimate of drug-likeness (QED) is 0.665. The van der Waals surface area contributed by atoms with Crippen LogP contribution in [0.1, 0.15) is 5.56 Å². The van der Waals surface area contributed by atoms with Crippen molar-refractivity contribution >= 4 is 16.6 Å². The molecule has 0 radical (unpaired) electrons. The zero-order valence-electron chi connectivity index (χ0n) is 12.3. The molecule has 122 valence electrons. The van der Waals surface area contributed by atoms with E-state index < -0.39 is 17.3 Å². The molecule has 0 saturated heterocycles. The average Bonchev–Trinajstić information content (AvgIpc) is 2.57. The minimum Gasteiger partial charge on any atom is -0.295 e. The van der Waals surface area contributed by atoms with E-state index in [-0.39, 0.29) is 28.0 Å². The van der Waals surface area contributed by atoms with Gasteiger partial charge in [0.1, 0.15) is 17.0 Å². The van der Waals surface area contributed by atoms with Gasteiger partial charge in [0.05, 0.1) is 10.9 Å². The molecule has 0 unspecified atom stereocenters. The highest BCUT2D eigenvalue weighted by Gasteiger charge is 2.30. The van der Waals surface area contributed by atoms with Crippen molar-refractivity contribution in [1.29, 1.82) is 0 Å². The molecule has 0 saturated carbocycles. The summed E-state index contributed by atoms with van der Waals surface area (Å²) in [6, 6.07) is 8.85. The first-order chi connectivity index (χ1) is 11.3. The molecule has 0 aliphatic heterocycles. The van der Waals surface area contributed by atoms with Crippen LogP contribution in [0.4, 0.5) is 18.9 Å². The van der Waals surface area contributed by atoms with E-state index in [1.54, 1.807) is 0 Å². The first kappa shape index (κ1) is 15.9. The van der Waals surface area contributed by atoms with Gasteiger partial charge >= 0.3 is 6.18 Å². The van der Waals surface area contributed by atoms with Crippen LogP contribution in [0.15, 0.2) is 52.4 Å². The third kappa shape index (κ3) is 2.55. The summed E-state index contributed by atoms with van der Waals surface area (Å²) < 4.78 is 39.8. The van der Waals surface area contributed by atoms with E-state index in [2.05, 4.69) is 10.2 Å². The van der Waals surface area contributed by atoms with Crippen molar-refractivity contribution < 1.29 is 13.2 Å². The number of halogens is 3. The lowest BCUT2D eigenvalue weighted by molar-refractivity contribution is -0.137. The van der Waals surface area contributed by atoms with Gasteiger partial charge in [0, 0.05) is 12.6 Å². The summed E-state index contributed by atoms with van der Waals surface area (Å²) in [5.41, 5.74) is -1.19. The van der Waals surface area contributed by atoms with Crippen LogP contribution >= 0.6 is 0 Å². The number of hydrogen-bond donors (Lipinski definition) is 0. The molecule has 0 amide bonds. The largest absolute Gasteiger partial charge is 0.416 e. The fraction of sp³-hybridized carbons (Fsp3) is 0.125. The van der Waals surface area contributed by atoms with Gasteiger partial charge in [-0.2, -0.15) is 13.2 Å². The standard InChI is InChI=1S/C16H10F3N3O2/c1-22-14(9-4-2-5-10(8-9)16(17,18)19)20-13-11(15(22)23)6-3-7-12(13)21-24/h2-8H,1H3. The van der Waals surface area contributed by atoms with Gasteiger partial charge in [-0.25, -0.2) is 4.98 Å². The van der Waals surface area contributed by atoms with Gasteiger partial charge in [0.25, 0.3) is 5.56 Å². The molecule has 2 aromatic carbocycles. The maximum Gasteiger partial charge on any atom is 0.416 e. The Bertz CT molecular complexity index is 1010. The Hall–Kier alpha value is -3.03. The molecule has 5 nitrogen and oxygen atoms in total. The van der Waals surface area contributed by atoms with Gasteiger partial charge in [-0.15, -0.1) is 4.91 Å². The number of hydrogen-bond acceptors (Lipinski definition) is 4. The van der Waals surface area contributed by atoms with Crippen LogP contribution in [0, 0.1) is 4.91 Å². The first-order valence-electron chi connectivity index (χ1n) is 6.83. The van der Waals surface area contributed by atoms with Crippen LogP contribution in [0.3, 0.4) is 0 Å². The topological polar surface area (TPSA) is 64.3 Å². The smallest absolute Gasteiger partial charge is 0.295 e. The van der Waals surface area contributed by atoms with Gasteiger partial charge in [-0.05, 0) is 29.4 Å². The Morgan fingerprint density at radius 2 is 1.83 bits per heavy atom. The zero-order chi connectivity index (χ0) is 17.5. The van der Waals surface area contributed by atoms with Crippen LogP contribution in [0.2, 0.25) is 0 Å². The molecule has 24 heavy (non-hydrogen) atoms. The Kier molecular flexibility index (Phi) is 3.67. The molecular formula is C16H10F3N3O2. The van der Waals surface area contributed by atoms with Gasteiger partial charge in [0.15, 0.2) is 0 Å². The number of aromatic nitrogens is 2. The highest BCUT2D eigenvalue weighted by molar-refractivity contribution is 5.89. The molecule has 1 heterocycles. The minimum atomic E-state index is -4.51. The number of para-hydroxylation sites is 1. The van der Waals surface area contributed by atoms with Crippen molar-refractivity contribution in [2.75, 3.05) is 0 Å². The monoisotopic (exact) mass is 333 g/mol. The van der Waals surface area contributed by atoms with E-state index >= 15 is 0 Å². The maximum absolute atomic E-state index is 12.9. The zero-order valence-corrected chi connectivity index (χ0v) is 12.3. The first-order valence-corrected chi connectivity index (χ1v) is 6.83. The summed E-state index contributed by atoms with van der Waals surface area (Å²) in [4.78, 5) is 27.5. The Morgan fingerprint density at radius 1 is 1.12 bits per heavy atom. The molecule has 0 spiro atoms. The van der Waals surface area contributed by atoms with Gasteiger partial charge in [-0.3, -0.25) is 9.36 Å². The summed E-state index contributed by atoms with van der Waals surface area (Å²) in [5.74, 6) is 0.0229. The normalized spacial score (nSPS) is 11.7. The predicted molar refractivity (Wildman–Crippen MR) is 82.9 cm³/mol. The number of benzene rings is 2. The lowest BCUT2D eigenvalue weighted by atomic mass is 10.1. The maximum atomic E-state index is 12.9. The van der Waals surface area contributed by atoms with E-state index in [1.165, 1.54) is 37.4 Å². The molecular weight excluding hydrogens is 323 g/mol. The van der Waals surface area contributed by atoms with E-state index in [4.69, 9.17) is 0 Å². The van der Waals surface area contributed by atoms with E-state index in [1.807, 2.05) is 0 Å². The molecule has 0 fully saturated rings. The summed E-state index contributed by atoms with van der Waals surface area (Å²) in [6.07, 6.45) is -4.51.